The number of nitrogens with zero attached hydrogens (tertiary/aromatic N) is 1. The van der Waals surface area contributed by atoms with Gasteiger partial charge >= 0.3 is 0 Å². The van der Waals surface area contributed by atoms with E-state index in [4.69, 9.17) is 0 Å². The van der Waals surface area contributed by atoms with Gasteiger partial charge in [-0.3, -0.25) is 4.79 Å². The molecule has 0 amide bonds. The summed E-state index contributed by atoms with van der Waals surface area (Å²) in [7, 11) is 0. The molecule has 2 aromatic heterocycles. The first-order valence-electron chi connectivity index (χ1n) is 5.66. The lowest BCUT2D eigenvalue weighted by Gasteiger charge is -2.00. The van der Waals surface area contributed by atoms with Crippen LogP contribution in [-0.4, -0.2) is 10.4 Å². The first kappa shape index (κ1) is 11.2. The predicted molar refractivity (Wildman–Crippen MR) is 72.6 cm³/mol. The monoisotopic (exact) mass is 309 g/mol. The lowest BCUT2D eigenvalue weighted by atomic mass is 10.1. The quantitative estimate of drug-likeness (QED) is 0.784. The summed E-state index contributed by atoms with van der Waals surface area (Å²) in [4.78, 5) is 13.2. The SMILES string of the molecule is O=C(c1ccn(Cc2sccc2Br)c1)C1CC1. The summed E-state index contributed by atoms with van der Waals surface area (Å²) in [6.45, 7) is 0.830. The van der Waals surface area contributed by atoms with Crippen molar-refractivity contribution < 1.29 is 4.79 Å². The maximum atomic E-state index is 11.9. The largest absolute Gasteiger partial charge is 0.348 e. The Morgan fingerprint density at radius 2 is 2.29 bits per heavy atom. The lowest BCUT2D eigenvalue weighted by molar-refractivity contribution is 0.0967. The van der Waals surface area contributed by atoms with Crippen LogP contribution in [0.3, 0.4) is 0 Å². The molecule has 1 aliphatic rings. The van der Waals surface area contributed by atoms with Gasteiger partial charge in [-0.2, -0.15) is 0 Å². The zero-order valence-corrected chi connectivity index (χ0v) is 11.6. The molecule has 0 spiro atoms. The van der Waals surface area contributed by atoms with Gasteiger partial charge < -0.3 is 4.57 Å². The minimum absolute atomic E-state index is 0.305. The standard InChI is InChI=1S/C13H12BrNOS/c14-11-4-6-17-12(11)8-15-5-3-10(7-15)13(16)9-1-2-9/h3-7,9H,1-2,8H2. The molecule has 0 saturated heterocycles. The van der Waals surface area contributed by atoms with Crippen molar-refractivity contribution in [3.63, 3.8) is 0 Å². The van der Waals surface area contributed by atoms with Crippen LogP contribution < -0.4 is 0 Å². The highest BCUT2D eigenvalue weighted by Gasteiger charge is 2.30. The molecule has 3 rings (SSSR count). The van der Waals surface area contributed by atoms with Crippen LogP contribution in [0.5, 0.6) is 0 Å². The molecule has 0 radical (unpaired) electrons. The van der Waals surface area contributed by atoms with Gasteiger partial charge in [-0.15, -0.1) is 11.3 Å². The van der Waals surface area contributed by atoms with E-state index in [1.165, 1.54) is 4.88 Å². The summed E-state index contributed by atoms with van der Waals surface area (Å²) >= 11 is 5.25. The van der Waals surface area contributed by atoms with Crippen LogP contribution in [0.15, 0.2) is 34.4 Å². The molecule has 0 unspecified atom stereocenters. The molecule has 2 aromatic rings. The smallest absolute Gasteiger partial charge is 0.167 e. The molecule has 2 nitrogen and oxygen atoms in total. The zero-order chi connectivity index (χ0) is 11.8. The van der Waals surface area contributed by atoms with Gasteiger partial charge in [-0.25, -0.2) is 0 Å². The van der Waals surface area contributed by atoms with Crippen molar-refractivity contribution in [2.45, 2.75) is 19.4 Å². The Bertz CT molecular complexity index is 553. The summed E-state index contributed by atoms with van der Waals surface area (Å²) in [5.74, 6) is 0.619. The van der Waals surface area contributed by atoms with Gasteiger partial charge in [-0.05, 0) is 46.3 Å². The fourth-order valence-electron chi connectivity index (χ4n) is 1.87. The number of Topliss-reactive ketones (excluding diaryl/α,β-unsaturated/α-hetero) is 1. The van der Waals surface area contributed by atoms with Gasteiger partial charge in [0.2, 0.25) is 0 Å². The molecular formula is C13H12BrNOS. The molecule has 1 saturated carbocycles. The third-order valence-corrected chi connectivity index (χ3v) is 4.91. The Balaban J connectivity index is 1.76. The molecule has 88 valence electrons. The lowest BCUT2D eigenvalue weighted by Crippen LogP contribution is -2.00. The van der Waals surface area contributed by atoms with E-state index < -0.39 is 0 Å². The highest BCUT2D eigenvalue weighted by Crippen LogP contribution is 2.32. The Morgan fingerprint density at radius 1 is 1.47 bits per heavy atom. The summed E-state index contributed by atoms with van der Waals surface area (Å²) in [5, 5.41) is 2.07. The van der Waals surface area contributed by atoms with Crippen LogP contribution in [0.2, 0.25) is 0 Å². The Kier molecular flexibility index (Phi) is 2.92. The van der Waals surface area contributed by atoms with Gasteiger partial charge in [0.25, 0.3) is 0 Å². The number of thiophene rings is 1. The minimum Gasteiger partial charge on any atom is -0.348 e. The van der Waals surface area contributed by atoms with Crippen molar-refractivity contribution in [3.05, 3.63) is 44.8 Å². The van der Waals surface area contributed by atoms with Gasteiger partial charge in [0.05, 0.1) is 6.54 Å². The van der Waals surface area contributed by atoms with Crippen LogP contribution in [0.4, 0.5) is 0 Å². The molecule has 2 heterocycles. The minimum atomic E-state index is 0.305. The highest BCUT2D eigenvalue weighted by atomic mass is 79.9. The Morgan fingerprint density at radius 3 is 2.94 bits per heavy atom. The average Bonchev–Trinajstić information content (AvgIpc) is 2.95. The molecule has 1 aliphatic carbocycles. The number of carbonyl (C=O) groups is 1. The fraction of sp³-hybridized carbons (Fsp3) is 0.308. The topological polar surface area (TPSA) is 22.0 Å². The average molecular weight is 310 g/mol. The normalized spacial score (nSPS) is 15.1. The number of ketones is 1. The van der Waals surface area contributed by atoms with Crippen LogP contribution in [0, 0.1) is 5.92 Å². The van der Waals surface area contributed by atoms with Gasteiger partial charge in [-0.1, -0.05) is 0 Å². The summed E-state index contributed by atoms with van der Waals surface area (Å²) < 4.78 is 3.22. The molecule has 17 heavy (non-hydrogen) atoms. The van der Waals surface area contributed by atoms with Gasteiger partial charge in [0, 0.05) is 33.2 Å². The maximum Gasteiger partial charge on any atom is 0.167 e. The third-order valence-electron chi connectivity index (χ3n) is 3.00. The zero-order valence-electron chi connectivity index (χ0n) is 9.23. The van der Waals surface area contributed by atoms with E-state index in [0.717, 1.165) is 29.4 Å². The number of hydrogen-bond acceptors (Lipinski definition) is 2. The molecule has 0 aromatic carbocycles. The van der Waals surface area contributed by atoms with Crippen LogP contribution >= 0.6 is 27.3 Å². The predicted octanol–water partition coefficient (Wildman–Crippen LogP) is 3.95. The molecule has 1 fully saturated rings. The van der Waals surface area contributed by atoms with Crippen LogP contribution in [0.25, 0.3) is 0 Å². The van der Waals surface area contributed by atoms with Crippen molar-refractivity contribution in [3.8, 4) is 0 Å². The number of hydrogen-bond donors (Lipinski definition) is 0. The molecule has 0 N–H and O–H groups in total. The number of rotatable bonds is 4. The summed E-state index contributed by atoms with van der Waals surface area (Å²) in [6, 6.07) is 3.99. The Hall–Kier alpha value is -0.870. The second kappa shape index (κ2) is 4.42. The van der Waals surface area contributed by atoms with E-state index >= 15 is 0 Å². The Labute approximate surface area is 112 Å². The molecule has 0 aliphatic heterocycles. The van der Waals surface area contributed by atoms with Crippen molar-refractivity contribution >= 4 is 33.0 Å². The summed E-state index contributed by atoms with van der Waals surface area (Å²) in [6.07, 6.45) is 6.09. The van der Waals surface area contributed by atoms with Gasteiger partial charge in [0.1, 0.15) is 0 Å². The first-order valence-corrected chi connectivity index (χ1v) is 7.33. The number of halogens is 1. The van der Waals surface area contributed by atoms with Crippen molar-refractivity contribution in [1.29, 1.82) is 0 Å². The second-order valence-electron chi connectivity index (χ2n) is 4.40. The van der Waals surface area contributed by atoms with Gasteiger partial charge in [0.15, 0.2) is 5.78 Å². The maximum absolute atomic E-state index is 11.9. The van der Waals surface area contributed by atoms with Crippen molar-refractivity contribution in [2.24, 2.45) is 5.92 Å². The molecule has 4 heteroatoms. The van der Waals surface area contributed by atoms with E-state index in [1.807, 2.05) is 18.5 Å². The molecule has 0 atom stereocenters. The number of aromatic nitrogens is 1. The molecular weight excluding hydrogens is 298 g/mol. The number of carbonyl (C=O) groups excluding carboxylic acids is 1. The van der Waals surface area contributed by atoms with E-state index in [9.17, 15) is 4.79 Å². The highest BCUT2D eigenvalue weighted by molar-refractivity contribution is 9.10. The van der Waals surface area contributed by atoms with E-state index in [-0.39, 0.29) is 0 Å². The summed E-state index contributed by atoms with van der Waals surface area (Å²) in [5.41, 5.74) is 0.861. The van der Waals surface area contributed by atoms with E-state index in [2.05, 4.69) is 31.9 Å². The van der Waals surface area contributed by atoms with Crippen molar-refractivity contribution in [2.75, 3.05) is 0 Å². The second-order valence-corrected chi connectivity index (χ2v) is 6.26. The van der Waals surface area contributed by atoms with Crippen molar-refractivity contribution in [1.82, 2.24) is 4.57 Å². The fourth-order valence-corrected chi connectivity index (χ4v) is 3.36. The van der Waals surface area contributed by atoms with E-state index in [1.54, 1.807) is 11.3 Å². The van der Waals surface area contributed by atoms with Crippen LogP contribution in [-0.2, 0) is 6.54 Å². The first-order chi connectivity index (χ1) is 8.24. The third kappa shape index (κ3) is 2.38. The molecule has 0 bridgehead atoms. The van der Waals surface area contributed by atoms with Crippen LogP contribution in [0.1, 0.15) is 28.1 Å². The van der Waals surface area contributed by atoms with E-state index in [0.29, 0.717) is 11.7 Å².